The van der Waals surface area contributed by atoms with E-state index in [1.54, 1.807) is 0 Å². The molecule has 1 aliphatic heterocycles. The Morgan fingerprint density at radius 1 is 1.31 bits per heavy atom. The molecule has 1 fully saturated rings. The first-order valence-corrected chi connectivity index (χ1v) is 6.91. The highest BCUT2D eigenvalue weighted by Gasteiger charge is 2.18. The van der Waals surface area contributed by atoms with Crippen molar-refractivity contribution in [3.63, 3.8) is 0 Å². The van der Waals surface area contributed by atoms with Crippen LogP contribution >= 0.6 is 0 Å². The van der Waals surface area contributed by atoms with Gasteiger partial charge in [-0.3, -0.25) is 0 Å². The van der Waals surface area contributed by atoms with Crippen molar-refractivity contribution in [2.75, 3.05) is 13.1 Å². The number of rotatable bonds is 3. The predicted octanol–water partition coefficient (Wildman–Crippen LogP) is 1.88. The van der Waals surface area contributed by atoms with Gasteiger partial charge in [-0.1, -0.05) is 24.3 Å². The number of hydrogen-bond donors (Lipinski definition) is 2. The quantitative estimate of drug-likeness (QED) is 0.792. The maximum atomic E-state index is 10.9. The van der Waals surface area contributed by atoms with Gasteiger partial charge in [0.1, 0.15) is 0 Å². The summed E-state index contributed by atoms with van der Waals surface area (Å²) in [5.74, 6) is 0.793. The fraction of sp³-hybridized carbons (Fsp3) is 0.500. The van der Waals surface area contributed by atoms with E-state index in [-0.39, 0.29) is 5.75 Å². The maximum Gasteiger partial charge on any atom is 0.157 e. The molecule has 0 radical (unpaired) electrons. The molecule has 0 aliphatic carbocycles. The van der Waals surface area contributed by atoms with Gasteiger partial charge < -0.3 is 9.87 Å². The van der Waals surface area contributed by atoms with Gasteiger partial charge in [-0.2, -0.15) is 0 Å². The molecular formula is C12H17NO2S. The first-order chi connectivity index (χ1) is 7.77. The summed E-state index contributed by atoms with van der Waals surface area (Å²) < 4.78 is 19.9. The summed E-state index contributed by atoms with van der Waals surface area (Å²) in [6.07, 6.45) is 2.24. The van der Waals surface area contributed by atoms with Crippen molar-refractivity contribution in [2.24, 2.45) is 0 Å². The van der Waals surface area contributed by atoms with Crippen LogP contribution in [0, 0.1) is 0 Å². The molecule has 0 saturated carbocycles. The SMILES string of the molecule is O=S(O)Cc1ccccc1C1CCNCC1. The van der Waals surface area contributed by atoms with Crippen LogP contribution in [0.2, 0.25) is 0 Å². The van der Waals surface area contributed by atoms with Crippen LogP contribution in [-0.4, -0.2) is 21.9 Å². The minimum Gasteiger partial charge on any atom is -0.317 e. The molecule has 0 spiro atoms. The van der Waals surface area contributed by atoms with Crippen LogP contribution in [0.5, 0.6) is 0 Å². The summed E-state index contributed by atoms with van der Waals surface area (Å²) in [7, 11) is 0. The highest BCUT2D eigenvalue weighted by atomic mass is 32.2. The molecule has 0 amide bonds. The summed E-state index contributed by atoms with van der Waals surface area (Å²) >= 11 is -1.75. The maximum absolute atomic E-state index is 10.9. The lowest BCUT2D eigenvalue weighted by atomic mass is 9.87. The fourth-order valence-corrected chi connectivity index (χ4v) is 2.86. The molecular weight excluding hydrogens is 222 g/mol. The van der Waals surface area contributed by atoms with Crippen LogP contribution in [0.1, 0.15) is 29.9 Å². The van der Waals surface area contributed by atoms with Gasteiger partial charge in [0.15, 0.2) is 11.1 Å². The van der Waals surface area contributed by atoms with E-state index in [1.807, 2.05) is 18.2 Å². The van der Waals surface area contributed by atoms with E-state index in [9.17, 15) is 4.21 Å². The Morgan fingerprint density at radius 2 is 2.00 bits per heavy atom. The molecule has 1 aromatic rings. The zero-order valence-electron chi connectivity index (χ0n) is 9.19. The van der Waals surface area contributed by atoms with E-state index in [0.717, 1.165) is 31.5 Å². The largest absolute Gasteiger partial charge is 0.317 e. The average Bonchev–Trinajstić information content (AvgIpc) is 2.30. The summed E-state index contributed by atoms with van der Waals surface area (Å²) in [6.45, 7) is 2.09. The Bertz CT molecular complexity index is 375. The molecule has 1 aliphatic rings. The Kier molecular flexibility index (Phi) is 4.09. The summed E-state index contributed by atoms with van der Waals surface area (Å²) in [5, 5.41) is 3.34. The molecule has 0 aromatic heterocycles. The van der Waals surface area contributed by atoms with E-state index in [2.05, 4.69) is 11.4 Å². The molecule has 2 rings (SSSR count). The van der Waals surface area contributed by atoms with Crippen molar-refractivity contribution in [1.82, 2.24) is 5.32 Å². The van der Waals surface area contributed by atoms with Crippen LogP contribution in [0.4, 0.5) is 0 Å². The standard InChI is InChI=1S/C12H17NO2S/c14-16(15)9-11-3-1-2-4-12(11)10-5-7-13-8-6-10/h1-4,10,13H,5-9H2,(H,14,15). The predicted molar refractivity (Wildman–Crippen MR) is 65.8 cm³/mol. The third-order valence-corrected chi connectivity index (χ3v) is 3.67. The van der Waals surface area contributed by atoms with Gasteiger partial charge >= 0.3 is 0 Å². The van der Waals surface area contributed by atoms with Crippen LogP contribution in [0.25, 0.3) is 0 Å². The lowest BCUT2D eigenvalue weighted by molar-refractivity contribution is 0.458. The number of benzene rings is 1. The van der Waals surface area contributed by atoms with Crippen LogP contribution in [-0.2, 0) is 16.8 Å². The number of piperidine rings is 1. The van der Waals surface area contributed by atoms with Gasteiger partial charge in [-0.05, 0) is 43.0 Å². The van der Waals surface area contributed by atoms with Gasteiger partial charge in [0, 0.05) is 0 Å². The molecule has 1 unspecified atom stereocenters. The van der Waals surface area contributed by atoms with Crippen molar-refractivity contribution in [3.8, 4) is 0 Å². The van der Waals surface area contributed by atoms with Gasteiger partial charge in [0.25, 0.3) is 0 Å². The molecule has 0 bridgehead atoms. The monoisotopic (exact) mass is 239 g/mol. The first-order valence-electron chi connectivity index (χ1n) is 5.63. The lowest BCUT2D eigenvalue weighted by Crippen LogP contribution is -2.27. The smallest absolute Gasteiger partial charge is 0.157 e. The van der Waals surface area contributed by atoms with Gasteiger partial charge in [-0.25, -0.2) is 4.21 Å². The molecule has 3 nitrogen and oxygen atoms in total. The minimum atomic E-state index is -1.75. The zero-order valence-corrected chi connectivity index (χ0v) is 10.0. The van der Waals surface area contributed by atoms with E-state index in [0.29, 0.717) is 5.92 Å². The van der Waals surface area contributed by atoms with E-state index in [1.165, 1.54) is 5.56 Å². The molecule has 1 saturated heterocycles. The normalized spacial score (nSPS) is 19.6. The highest BCUT2D eigenvalue weighted by Crippen LogP contribution is 2.28. The Hall–Kier alpha value is -0.710. The summed E-state index contributed by atoms with van der Waals surface area (Å²) in [5.41, 5.74) is 2.28. The van der Waals surface area contributed by atoms with E-state index >= 15 is 0 Å². The number of nitrogens with one attached hydrogen (secondary N) is 1. The van der Waals surface area contributed by atoms with Gasteiger partial charge in [0.05, 0.1) is 5.75 Å². The van der Waals surface area contributed by atoms with Crippen molar-refractivity contribution in [1.29, 1.82) is 0 Å². The molecule has 16 heavy (non-hydrogen) atoms. The topological polar surface area (TPSA) is 49.3 Å². The molecule has 1 aromatic carbocycles. The Balaban J connectivity index is 2.20. The van der Waals surface area contributed by atoms with E-state index in [4.69, 9.17) is 4.55 Å². The number of hydrogen-bond acceptors (Lipinski definition) is 2. The molecule has 4 heteroatoms. The fourth-order valence-electron chi connectivity index (χ4n) is 2.33. The Morgan fingerprint density at radius 3 is 2.69 bits per heavy atom. The molecule has 1 heterocycles. The third kappa shape index (κ3) is 2.90. The summed E-state index contributed by atoms with van der Waals surface area (Å²) in [4.78, 5) is 0. The molecule has 1 atom stereocenters. The lowest BCUT2D eigenvalue weighted by Gasteiger charge is -2.24. The van der Waals surface area contributed by atoms with Crippen molar-refractivity contribution < 1.29 is 8.76 Å². The van der Waals surface area contributed by atoms with Crippen molar-refractivity contribution in [3.05, 3.63) is 35.4 Å². The van der Waals surface area contributed by atoms with Crippen LogP contribution in [0.3, 0.4) is 0 Å². The summed E-state index contributed by atoms with van der Waals surface area (Å²) in [6, 6.07) is 8.01. The van der Waals surface area contributed by atoms with Crippen molar-refractivity contribution in [2.45, 2.75) is 24.5 Å². The van der Waals surface area contributed by atoms with Crippen molar-refractivity contribution >= 4 is 11.1 Å². The zero-order chi connectivity index (χ0) is 11.4. The second kappa shape index (κ2) is 5.57. The third-order valence-electron chi connectivity index (χ3n) is 3.11. The van der Waals surface area contributed by atoms with Crippen LogP contribution in [0.15, 0.2) is 24.3 Å². The van der Waals surface area contributed by atoms with Crippen LogP contribution < -0.4 is 5.32 Å². The minimum absolute atomic E-state index is 0.250. The first kappa shape index (κ1) is 11.8. The highest BCUT2D eigenvalue weighted by molar-refractivity contribution is 7.78. The average molecular weight is 239 g/mol. The Labute approximate surface area is 98.5 Å². The second-order valence-corrected chi connectivity index (χ2v) is 5.12. The van der Waals surface area contributed by atoms with E-state index < -0.39 is 11.1 Å². The van der Waals surface area contributed by atoms with Gasteiger partial charge in [-0.15, -0.1) is 0 Å². The molecule has 2 N–H and O–H groups in total. The van der Waals surface area contributed by atoms with Gasteiger partial charge in [0.2, 0.25) is 0 Å². The molecule has 88 valence electrons. The second-order valence-electron chi connectivity index (χ2n) is 4.19.